The molecule has 0 radical (unpaired) electrons. The Morgan fingerprint density at radius 3 is 2.65 bits per heavy atom. The molecule has 1 fully saturated rings. The van der Waals surface area contributed by atoms with Crippen molar-refractivity contribution < 1.29 is 0 Å². The molecule has 1 aromatic heterocycles. The zero-order valence-electron chi connectivity index (χ0n) is 10.2. The number of nitrogens with one attached hydrogen (secondary N) is 1. The van der Waals surface area contributed by atoms with Crippen LogP contribution < -0.4 is 5.32 Å². The summed E-state index contributed by atoms with van der Waals surface area (Å²) in [6.07, 6.45) is 7.39. The maximum Gasteiger partial charge on any atom is 0.0719 e. The van der Waals surface area contributed by atoms with E-state index >= 15 is 0 Å². The molecule has 2 heterocycles. The van der Waals surface area contributed by atoms with Gasteiger partial charge in [-0.25, -0.2) is 0 Å². The van der Waals surface area contributed by atoms with Gasteiger partial charge in [-0.2, -0.15) is 5.10 Å². The molecular formula is C12H21Cl2N3. The average molecular weight is 278 g/mol. The van der Waals surface area contributed by atoms with Gasteiger partial charge in [0, 0.05) is 18.2 Å². The molecule has 0 saturated carbocycles. The van der Waals surface area contributed by atoms with Gasteiger partial charge in [0.2, 0.25) is 0 Å². The van der Waals surface area contributed by atoms with Gasteiger partial charge in [-0.05, 0) is 51.3 Å². The van der Waals surface area contributed by atoms with E-state index in [2.05, 4.69) is 23.1 Å². The molecule has 1 aliphatic heterocycles. The van der Waals surface area contributed by atoms with E-state index < -0.39 is 0 Å². The SMILES string of the molecule is CCn1cc2c(n1)C1(CCNCC1)CC2.Cl.Cl. The number of rotatable bonds is 1. The van der Waals surface area contributed by atoms with Crippen molar-refractivity contribution in [1.82, 2.24) is 15.1 Å². The molecule has 1 aromatic rings. The fourth-order valence-corrected chi connectivity index (χ4v) is 3.14. The number of piperidine rings is 1. The monoisotopic (exact) mass is 277 g/mol. The lowest BCUT2D eigenvalue weighted by Gasteiger charge is -2.33. The van der Waals surface area contributed by atoms with Crippen LogP contribution in [0.25, 0.3) is 0 Å². The summed E-state index contributed by atoms with van der Waals surface area (Å²) in [5.41, 5.74) is 3.37. The third kappa shape index (κ3) is 2.33. The first kappa shape index (κ1) is 14.8. The first-order valence-electron chi connectivity index (χ1n) is 6.12. The van der Waals surface area contributed by atoms with Gasteiger partial charge >= 0.3 is 0 Å². The van der Waals surface area contributed by atoms with Crippen LogP contribution in [0.5, 0.6) is 0 Å². The minimum Gasteiger partial charge on any atom is -0.317 e. The van der Waals surface area contributed by atoms with Gasteiger partial charge < -0.3 is 5.32 Å². The second-order valence-corrected chi connectivity index (χ2v) is 4.89. The van der Waals surface area contributed by atoms with Gasteiger partial charge in [-0.3, -0.25) is 4.68 Å². The van der Waals surface area contributed by atoms with Crippen molar-refractivity contribution in [2.24, 2.45) is 0 Å². The molecule has 5 heteroatoms. The van der Waals surface area contributed by atoms with Crippen molar-refractivity contribution in [3.8, 4) is 0 Å². The van der Waals surface area contributed by atoms with Gasteiger partial charge in [0.25, 0.3) is 0 Å². The molecule has 1 saturated heterocycles. The first-order chi connectivity index (χ1) is 7.34. The molecule has 2 aliphatic rings. The van der Waals surface area contributed by atoms with E-state index in [9.17, 15) is 0 Å². The van der Waals surface area contributed by atoms with Gasteiger partial charge in [0.05, 0.1) is 5.69 Å². The summed E-state index contributed by atoms with van der Waals surface area (Å²) in [4.78, 5) is 0. The van der Waals surface area contributed by atoms with E-state index in [0.29, 0.717) is 5.41 Å². The molecule has 0 bridgehead atoms. The van der Waals surface area contributed by atoms with Crippen LogP contribution >= 0.6 is 24.8 Å². The first-order valence-corrected chi connectivity index (χ1v) is 6.12. The highest BCUT2D eigenvalue weighted by atomic mass is 35.5. The smallest absolute Gasteiger partial charge is 0.0719 e. The van der Waals surface area contributed by atoms with Crippen LogP contribution in [0.1, 0.15) is 37.4 Å². The number of hydrogen-bond acceptors (Lipinski definition) is 2. The Hall–Kier alpha value is -0.250. The molecule has 3 nitrogen and oxygen atoms in total. The van der Waals surface area contributed by atoms with E-state index in [1.165, 1.54) is 50.0 Å². The normalized spacial score (nSPS) is 20.5. The highest BCUT2D eigenvalue weighted by Gasteiger charge is 2.41. The highest BCUT2D eigenvalue weighted by Crippen LogP contribution is 2.44. The van der Waals surface area contributed by atoms with Crippen molar-refractivity contribution in [1.29, 1.82) is 0 Å². The zero-order chi connectivity index (χ0) is 10.3. The van der Waals surface area contributed by atoms with Crippen molar-refractivity contribution >= 4 is 24.8 Å². The number of halogens is 2. The van der Waals surface area contributed by atoms with Crippen LogP contribution in [-0.2, 0) is 18.4 Å². The van der Waals surface area contributed by atoms with Crippen LogP contribution in [-0.4, -0.2) is 22.9 Å². The lowest BCUT2D eigenvalue weighted by Crippen LogP contribution is -2.38. The predicted octanol–water partition coefficient (Wildman–Crippen LogP) is 2.31. The molecule has 1 aliphatic carbocycles. The van der Waals surface area contributed by atoms with Gasteiger partial charge in [0.15, 0.2) is 0 Å². The minimum atomic E-state index is 0. The molecule has 3 rings (SSSR count). The largest absolute Gasteiger partial charge is 0.317 e. The van der Waals surface area contributed by atoms with Crippen LogP contribution in [0.2, 0.25) is 0 Å². The summed E-state index contributed by atoms with van der Waals surface area (Å²) in [5.74, 6) is 0. The lowest BCUT2D eigenvalue weighted by molar-refractivity contribution is 0.296. The lowest BCUT2D eigenvalue weighted by atomic mass is 9.77. The molecule has 0 unspecified atom stereocenters. The maximum atomic E-state index is 4.78. The molecule has 1 spiro atoms. The van der Waals surface area contributed by atoms with Crippen molar-refractivity contribution in [3.63, 3.8) is 0 Å². The Kier molecular flexibility index (Phi) is 4.87. The van der Waals surface area contributed by atoms with E-state index in [1.807, 2.05) is 0 Å². The fourth-order valence-electron chi connectivity index (χ4n) is 3.14. The molecule has 0 atom stereocenters. The van der Waals surface area contributed by atoms with Crippen LogP contribution in [0, 0.1) is 0 Å². The fraction of sp³-hybridized carbons (Fsp3) is 0.750. The minimum absolute atomic E-state index is 0. The predicted molar refractivity (Wildman–Crippen MR) is 74.5 cm³/mol. The highest BCUT2D eigenvalue weighted by molar-refractivity contribution is 5.85. The Bertz CT molecular complexity index is 370. The molecule has 0 amide bonds. The van der Waals surface area contributed by atoms with Gasteiger partial charge in [0.1, 0.15) is 0 Å². The Morgan fingerprint density at radius 1 is 1.29 bits per heavy atom. The van der Waals surface area contributed by atoms with Crippen molar-refractivity contribution in [2.75, 3.05) is 13.1 Å². The third-order valence-corrected chi connectivity index (χ3v) is 4.10. The van der Waals surface area contributed by atoms with E-state index in [0.717, 1.165) is 6.54 Å². The Balaban J connectivity index is 0.000000722. The van der Waals surface area contributed by atoms with E-state index in [1.54, 1.807) is 0 Å². The third-order valence-electron chi connectivity index (χ3n) is 4.10. The van der Waals surface area contributed by atoms with E-state index in [-0.39, 0.29) is 24.8 Å². The number of hydrogen-bond donors (Lipinski definition) is 1. The number of nitrogens with zero attached hydrogens (tertiary/aromatic N) is 2. The van der Waals surface area contributed by atoms with E-state index in [4.69, 9.17) is 5.10 Å². The summed E-state index contributed by atoms with van der Waals surface area (Å²) < 4.78 is 2.10. The zero-order valence-corrected chi connectivity index (χ0v) is 11.9. The standard InChI is InChI=1S/C12H19N3.2ClH/c1-2-15-9-10-3-4-12(11(10)14-15)5-7-13-8-6-12;;/h9,13H,2-8H2,1H3;2*1H. The second kappa shape index (κ2) is 5.59. The molecule has 0 aromatic carbocycles. The van der Waals surface area contributed by atoms with Crippen LogP contribution in [0.3, 0.4) is 0 Å². The summed E-state index contributed by atoms with van der Waals surface area (Å²) in [6, 6.07) is 0. The second-order valence-electron chi connectivity index (χ2n) is 4.89. The molecule has 98 valence electrons. The summed E-state index contributed by atoms with van der Waals surface area (Å²) in [5, 5.41) is 8.23. The Morgan fingerprint density at radius 2 is 2.00 bits per heavy atom. The molecule has 1 N–H and O–H groups in total. The summed E-state index contributed by atoms with van der Waals surface area (Å²) in [7, 11) is 0. The summed E-state index contributed by atoms with van der Waals surface area (Å²) >= 11 is 0. The topological polar surface area (TPSA) is 29.9 Å². The molecular weight excluding hydrogens is 257 g/mol. The summed E-state index contributed by atoms with van der Waals surface area (Å²) in [6.45, 7) is 5.50. The number of aryl methyl sites for hydroxylation is 2. The number of aromatic nitrogens is 2. The Labute approximate surface area is 115 Å². The molecule has 17 heavy (non-hydrogen) atoms. The number of fused-ring (bicyclic) bond motifs is 2. The van der Waals surface area contributed by atoms with Crippen molar-refractivity contribution in [3.05, 3.63) is 17.5 Å². The maximum absolute atomic E-state index is 4.78. The van der Waals surface area contributed by atoms with Gasteiger partial charge in [-0.1, -0.05) is 0 Å². The van der Waals surface area contributed by atoms with Crippen molar-refractivity contribution in [2.45, 2.75) is 44.6 Å². The van der Waals surface area contributed by atoms with Gasteiger partial charge in [-0.15, -0.1) is 24.8 Å². The quantitative estimate of drug-likeness (QED) is 0.854. The average Bonchev–Trinajstić information content (AvgIpc) is 2.82. The van der Waals surface area contributed by atoms with Crippen LogP contribution in [0.4, 0.5) is 0 Å². The van der Waals surface area contributed by atoms with Crippen LogP contribution in [0.15, 0.2) is 6.20 Å².